The lowest BCUT2D eigenvalue weighted by Gasteiger charge is -2.35. The molecule has 1 heterocycles. The zero-order valence-electron chi connectivity index (χ0n) is 20.9. The Balaban J connectivity index is 1.26. The number of aryl methyl sites for hydroxylation is 1. The molecule has 8 heteroatoms. The van der Waals surface area contributed by atoms with E-state index in [1.165, 1.54) is 18.2 Å². The number of hydrogen-bond donors (Lipinski definition) is 2. The van der Waals surface area contributed by atoms with Gasteiger partial charge in [0.25, 0.3) is 5.91 Å². The van der Waals surface area contributed by atoms with Crippen LogP contribution in [0.4, 0.5) is 9.18 Å². The number of likely N-dealkylation sites (tertiary alicyclic amines) is 1. The summed E-state index contributed by atoms with van der Waals surface area (Å²) >= 11 is 0. The van der Waals surface area contributed by atoms with Crippen LogP contribution in [0.15, 0.2) is 48.5 Å². The topological polar surface area (TPSA) is 87.7 Å². The summed E-state index contributed by atoms with van der Waals surface area (Å²) in [5.74, 6) is -0.634. The lowest BCUT2D eigenvalue weighted by atomic mass is 9.92. The number of nitrogens with one attached hydrogen (secondary N) is 2. The molecule has 1 aliphatic heterocycles. The molecule has 2 N–H and O–H groups in total. The minimum Gasteiger partial charge on any atom is -0.445 e. The van der Waals surface area contributed by atoms with Crippen molar-refractivity contribution < 1.29 is 23.5 Å². The van der Waals surface area contributed by atoms with E-state index >= 15 is 0 Å². The summed E-state index contributed by atoms with van der Waals surface area (Å²) in [6.45, 7) is 5.02. The van der Waals surface area contributed by atoms with Crippen molar-refractivity contribution in [3.05, 3.63) is 71.0 Å². The molecule has 2 aromatic carbocycles. The second-order valence-corrected chi connectivity index (χ2v) is 9.92. The Kier molecular flexibility index (Phi) is 7.91. The van der Waals surface area contributed by atoms with E-state index in [0.717, 1.165) is 31.2 Å². The molecule has 36 heavy (non-hydrogen) atoms. The van der Waals surface area contributed by atoms with Gasteiger partial charge in [0, 0.05) is 24.7 Å². The molecule has 192 valence electrons. The second kappa shape index (κ2) is 11.1. The van der Waals surface area contributed by atoms with Gasteiger partial charge < -0.3 is 20.3 Å². The van der Waals surface area contributed by atoms with Crippen molar-refractivity contribution in [3.63, 3.8) is 0 Å². The molecule has 1 unspecified atom stereocenters. The van der Waals surface area contributed by atoms with Crippen LogP contribution in [0.5, 0.6) is 0 Å². The number of rotatable bonds is 8. The van der Waals surface area contributed by atoms with Crippen molar-refractivity contribution in [1.82, 2.24) is 15.5 Å². The lowest BCUT2D eigenvalue weighted by molar-refractivity contribution is -0.135. The van der Waals surface area contributed by atoms with Gasteiger partial charge in [0.1, 0.15) is 18.5 Å². The molecule has 4 rings (SSSR count). The summed E-state index contributed by atoms with van der Waals surface area (Å²) in [7, 11) is 0. The molecule has 3 amide bonds. The van der Waals surface area contributed by atoms with Crippen LogP contribution in [0.25, 0.3) is 0 Å². The summed E-state index contributed by atoms with van der Waals surface area (Å²) < 4.78 is 18.7. The fourth-order valence-corrected chi connectivity index (χ4v) is 5.07. The number of piperidine rings is 1. The average Bonchev–Trinajstić information content (AvgIpc) is 3.53. The largest absolute Gasteiger partial charge is 0.445 e. The van der Waals surface area contributed by atoms with Crippen LogP contribution in [0.2, 0.25) is 0 Å². The molecule has 2 fully saturated rings. The number of hydrogen-bond acceptors (Lipinski definition) is 4. The molecule has 0 aromatic heterocycles. The summed E-state index contributed by atoms with van der Waals surface area (Å²) in [5.41, 5.74) is 1.98. The predicted molar refractivity (Wildman–Crippen MR) is 134 cm³/mol. The molecule has 1 saturated carbocycles. The van der Waals surface area contributed by atoms with Crippen molar-refractivity contribution in [2.24, 2.45) is 5.41 Å². The van der Waals surface area contributed by atoms with E-state index in [9.17, 15) is 18.8 Å². The summed E-state index contributed by atoms with van der Waals surface area (Å²) in [5, 5.41) is 5.84. The highest BCUT2D eigenvalue weighted by Gasteiger charge is 2.56. The highest BCUT2D eigenvalue weighted by atomic mass is 19.1. The Morgan fingerprint density at radius 2 is 1.86 bits per heavy atom. The highest BCUT2D eigenvalue weighted by molar-refractivity contribution is 5.96. The van der Waals surface area contributed by atoms with E-state index in [-0.39, 0.29) is 35.7 Å². The van der Waals surface area contributed by atoms with Crippen LogP contribution in [0.1, 0.15) is 60.5 Å². The summed E-state index contributed by atoms with van der Waals surface area (Å²) in [6, 6.07) is 13.0. The van der Waals surface area contributed by atoms with Gasteiger partial charge in [-0.15, -0.1) is 0 Å². The third kappa shape index (κ3) is 6.04. The van der Waals surface area contributed by atoms with Gasteiger partial charge in [0.05, 0.1) is 0 Å². The fourth-order valence-electron chi connectivity index (χ4n) is 5.07. The van der Waals surface area contributed by atoms with Gasteiger partial charge in [-0.25, -0.2) is 9.18 Å². The first-order valence-electron chi connectivity index (χ1n) is 12.6. The highest BCUT2D eigenvalue weighted by Crippen LogP contribution is 2.54. The van der Waals surface area contributed by atoms with Gasteiger partial charge in [0.15, 0.2) is 0 Å². The Hall–Kier alpha value is -3.42. The fraction of sp³-hybridized carbons (Fsp3) is 0.464. The monoisotopic (exact) mass is 495 g/mol. The predicted octanol–water partition coefficient (Wildman–Crippen LogP) is 4.34. The number of alkyl carbamates (subject to hydrolysis) is 1. The molecule has 1 saturated heterocycles. The summed E-state index contributed by atoms with van der Waals surface area (Å²) in [4.78, 5) is 40.0. The van der Waals surface area contributed by atoms with Crippen LogP contribution in [0, 0.1) is 18.2 Å². The zero-order chi connectivity index (χ0) is 25.7. The molecular weight excluding hydrogens is 461 g/mol. The molecule has 1 aliphatic carbocycles. The molecular formula is C28H34FN3O4. The Bertz CT molecular complexity index is 1100. The van der Waals surface area contributed by atoms with Crippen LogP contribution < -0.4 is 10.6 Å². The van der Waals surface area contributed by atoms with E-state index in [0.29, 0.717) is 30.6 Å². The van der Waals surface area contributed by atoms with Crippen molar-refractivity contribution in [1.29, 1.82) is 0 Å². The van der Waals surface area contributed by atoms with Crippen LogP contribution in [0.3, 0.4) is 0 Å². The van der Waals surface area contributed by atoms with Gasteiger partial charge in [-0.05, 0) is 67.3 Å². The number of ether oxygens (including phenoxy) is 1. The standard InChI is InChI=1S/C28H34FN3O4/c1-3-7-23(30-27(35)36-18-20-8-5-4-6-9-20)26(34)32-14-12-28(13-15-32)17-24(28)31-25(33)22-11-10-21(29)16-19(22)2/h4-6,8-11,16,23-24H,3,7,12-15,17-18H2,1-2H3,(H,30,35)(H,31,33)/t23-,24?/m0/s1. The maximum absolute atomic E-state index is 13.4. The first-order chi connectivity index (χ1) is 17.3. The van der Waals surface area contributed by atoms with Gasteiger partial charge in [-0.1, -0.05) is 43.7 Å². The maximum atomic E-state index is 13.4. The first-order valence-corrected chi connectivity index (χ1v) is 12.6. The van der Waals surface area contributed by atoms with E-state index in [4.69, 9.17) is 4.74 Å². The summed E-state index contributed by atoms with van der Waals surface area (Å²) in [6.07, 6.45) is 3.16. The lowest BCUT2D eigenvalue weighted by Crippen LogP contribution is -2.51. The number of amides is 3. The Morgan fingerprint density at radius 3 is 2.53 bits per heavy atom. The van der Waals surface area contributed by atoms with E-state index in [1.807, 2.05) is 42.2 Å². The van der Waals surface area contributed by atoms with Crippen molar-refractivity contribution in [3.8, 4) is 0 Å². The molecule has 2 atom stereocenters. The normalized spacial score (nSPS) is 18.9. The number of benzene rings is 2. The SMILES string of the molecule is CCC[C@H](NC(=O)OCc1ccccc1)C(=O)N1CCC2(CC1)CC2NC(=O)c1ccc(F)cc1C. The molecule has 2 aliphatic rings. The van der Waals surface area contributed by atoms with E-state index in [2.05, 4.69) is 10.6 Å². The van der Waals surface area contributed by atoms with Gasteiger partial charge >= 0.3 is 6.09 Å². The molecule has 2 aromatic rings. The first kappa shape index (κ1) is 25.7. The Labute approximate surface area is 211 Å². The minimum absolute atomic E-state index is 0.00265. The van der Waals surface area contributed by atoms with Crippen LogP contribution >= 0.6 is 0 Å². The number of carbonyl (C=O) groups excluding carboxylic acids is 3. The average molecular weight is 496 g/mol. The number of carbonyl (C=O) groups is 3. The maximum Gasteiger partial charge on any atom is 0.408 e. The third-order valence-electron chi connectivity index (χ3n) is 7.38. The van der Waals surface area contributed by atoms with Crippen LogP contribution in [-0.2, 0) is 16.1 Å². The zero-order valence-corrected chi connectivity index (χ0v) is 20.9. The minimum atomic E-state index is -0.622. The molecule has 7 nitrogen and oxygen atoms in total. The second-order valence-electron chi connectivity index (χ2n) is 9.92. The van der Waals surface area contributed by atoms with Crippen molar-refractivity contribution in [2.45, 2.75) is 64.6 Å². The third-order valence-corrected chi connectivity index (χ3v) is 7.38. The molecule has 0 radical (unpaired) electrons. The Morgan fingerprint density at radius 1 is 1.14 bits per heavy atom. The molecule has 1 spiro atoms. The van der Waals surface area contributed by atoms with Gasteiger partial charge in [-0.3, -0.25) is 9.59 Å². The van der Waals surface area contributed by atoms with Gasteiger partial charge in [0.2, 0.25) is 5.91 Å². The van der Waals surface area contributed by atoms with E-state index < -0.39 is 12.1 Å². The quantitative estimate of drug-likeness (QED) is 0.570. The number of nitrogens with zero attached hydrogens (tertiary/aromatic N) is 1. The van der Waals surface area contributed by atoms with Crippen molar-refractivity contribution in [2.75, 3.05) is 13.1 Å². The van der Waals surface area contributed by atoms with E-state index in [1.54, 1.807) is 6.92 Å². The van der Waals surface area contributed by atoms with Gasteiger partial charge in [-0.2, -0.15) is 0 Å². The van der Waals surface area contributed by atoms with Crippen LogP contribution in [-0.4, -0.2) is 48.0 Å². The van der Waals surface area contributed by atoms with Crippen molar-refractivity contribution >= 4 is 17.9 Å². The smallest absolute Gasteiger partial charge is 0.408 e. The molecule has 0 bridgehead atoms. The number of halogens is 1.